The largest absolute Gasteiger partial charge is 0.329 e. The van der Waals surface area contributed by atoms with Crippen molar-refractivity contribution in [3.05, 3.63) is 5.82 Å². The van der Waals surface area contributed by atoms with E-state index in [1.807, 2.05) is 0 Å². The smallest absolute Gasteiger partial charge is 0.156 e. The van der Waals surface area contributed by atoms with Gasteiger partial charge in [-0.2, -0.15) is 0 Å². The van der Waals surface area contributed by atoms with Gasteiger partial charge >= 0.3 is 0 Å². The number of nitrogens with one attached hydrogen (secondary N) is 1. The van der Waals surface area contributed by atoms with E-state index in [1.54, 1.807) is 0 Å². The molecule has 0 radical (unpaired) electrons. The molecule has 0 spiro atoms. The van der Waals surface area contributed by atoms with Crippen LogP contribution in [0.2, 0.25) is 0 Å². The maximum Gasteiger partial charge on any atom is 0.156 e. The highest BCUT2D eigenvalue weighted by atomic mass is 15.5. The summed E-state index contributed by atoms with van der Waals surface area (Å²) in [5.41, 5.74) is 5.94. The summed E-state index contributed by atoms with van der Waals surface area (Å²) in [7, 11) is 0. The Hall–Kier alpha value is -0.970. The van der Waals surface area contributed by atoms with Crippen LogP contribution >= 0.6 is 0 Å². The van der Waals surface area contributed by atoms with Crippen LogP contribution in [0, 0.1) is 11.8 Å². The zero-order valence-electron chi connectivity index (χ0n) is 8.11. The van der Waals surface area contributed by atoms with E-state index in [1.165, 1.54) is 25.7 Å². The van der Waals surface area contributed by atoms with Gasteiger partial charge in [-0.1, -0.05) is 19.3 Å². The lowest BCUT2D eigenvalue weighted by molar-refractivity contribution is 0.256. The molecule has 1 heterocycles. The van der Waals surface area contributed by atoms with Crippen LogP contribution in [0.1, 0.15) is 31.5 Å². The maximum atomic E-state index is 5.85. The lowest BCUT2D eigenvalue weighted by atomic mass is 9.78. The Bertz CT molecular complexity index is 318. The molecule has 76 valence electrons. The maximum absolute atomic E-state index is 5.85. The van der Waals surface area contributed by atoms with Crippen molar-refractivity contribution in [1.29, 1.82) is 0 Å². The van der Waals surface area contributed by atoms with E-state index in [4.69, 9.17) is 5.73 Å². The third-order valence-corrected chi connectivity index (χ3v) is 4.03. The quantitative estimate of drug-likeness (QED) is 0.719. The van der Waals surface area contributed by atoms with Crippen molar-refractivity contribution >= 4 is 0 Å². The first-order valence-corrected chi connectivity index (χ1v) is 5.31. The Labute approximate surface area is 82.5 Å². The first kappa shape index (κ1) is 8.35. The number of nitrogens with two attached hydrogens (primary N) is 1. The molecule has 5 nitrogen and oxygen atoms in total. The molecule has 2 aliphatic carbocycles. The number of hydrogen-bond donors (Lipinski definition) is 2. The Balaban J connectivity index is 1.81. The predicted octanol–water partition coefficient (Wildman–Crippen LogP) is 0.216. The number of H-pyrrole nitrogens is 1. The first-order chi connectivity index (χ1) is 6.87. The molecule has 0 saturated heterocycles. The van der Waals surface area contributed by atoms with Crippen molar-refractivity contribution in [1.82, 2.24) is 20.6 Å². The van der Waals surface area contributed by atoms with Crippen molar-refractivity contribution in [2.24, 2.45) is 17.6 Å². The summed E-state index contributed by atoms with van der Waals surface area (Å²) in [6.07, 6.45) is 5.30. The van der Waals surface area contributed by atoms with E-state index < -0.39 is 0 Å². The molecule has 14 heavy (non-hydrogen) atoms. The van der Waals surface area contributed by atoms with Gasteiger partial charge < -0.3 is 5.73 Å². The third-order valence-electron chi connectivity index (χ3n) is 4.03. The topological polar surface area (TPSA) is 80.5 Å². The van der Waals surface area contributed by atoms with Crippen LogP contribution < -0.4 is 5.73 Å². The molecule has 2 saturated carbocycles. The first-order valence-electron chi connectivity index (χ1n) is 5.31. The lowest BCUT2D eigenvalue weighted by Gasteiger charge is -2.27. The predicted molar refractivity (Wildman–Crippen MR) is 50.4 cm³/mol. The normalized spacial score (nSPS) is 36.8. The molecule has 2 unspecified atom stereocenters. The minimum atomic E-state index is 0.0919. The van der Waals surface area contributed by atoms with Crippen molar-refractivity contribution in [3.63, 3.8) is 0 Å². The van der Waals surface area contributed by atoms with Gasteiger partial charge in [-0.3, -0.25) is 0 Å². The molecule has 2 atom stereocenters. The van der Waals surface area contributed by atoms with Gasteiger partial charge in [0.2, 0.25) is 0 Å². The van der Waals surface area contributed by atoms with Crippen LogP contribution in [0.25, 0.3) is 0 Å². The van der Waals surface area contributed by atoms with E-state index >= 15 is 0 Å². The second-order valence-electron chi connectivity index (χ2n) is 4.61. The Kier molecular flexibility index (Phi) is 1.65. The monoisotopic (exact) mass is 193 g/mol. The van der Waals surface area contributed by atoms with Gasteiger partial charge in [0.1, 0.15) is 0 Å². The average molecular weight is 193 g/mol. The van der Waals surface area contributed by atoms with Crippen molar-refractivity contribution in [2.75, 3.05) is 6.54 Å². The molecular formula is C9H15N5. The van der Waals surface area contributed by atoms with E-state index in [2.05, 4.69) is 20.6 Å². The van der Waals surface area contributed by atoms with Gasteiger partial charge in [0.15, 0.2) is 5.82 Å². The van der Waals surface area contributed by atoms with E-state index in [9.17, 15) is 0 Å². The van der Waals surface area contributed by atoms with Gasteiger partial charge in [-0.25, -0.2) is 5.10 Å². The van der Waals surface area contributed by atoms with E-state index in [-0.39, 0.29) is 5.41 Å². The highest BCUT2D eigenvalue weighted by molar-refractivity contribution is 5.23. The van der Waals surface area contributed by atoms with Gasteiger partial charge in [0.05, 0.1) is 0 Å². The van der Waals surface area contributed by atoms with Gasteiger partial charge in [0, 0.05) is 12.0 Å². The number of rotatable bonds is 3. The van der Waals surface area contributed by atoms with Crippen LogP contribution in [0.3, 0.4) is 0 Å². The molecule has 0 aromatic carbocycles. The van der Waals surface area contributed by atoms with Crippen LogP contribution in [-0.2, 0) is 5.41 Å². The summed E-state index contributed by atoms with van der Waals surface area (Å²) in [6, 6.07) is 0. The average Bonchev–Trinajstić information content (AvgIpc) is 2.62. The standard InChI is InChI=1S/C9H15N5/c10-5-9(8-11-13-14-12-8)4-7(9)6-2-1-3-6/h6-7H,1-5,10H2,(H,11,12,13,14). The van der Waals surface area contributed by atoms with E-state index in [0.29, 0.717) is 6.54 Å². The van der Waals surface area contributed by atoms with Crippen molar-refractivity contribution < 1.29 is 0 Å². The summed E-state index contributed by atoms with van der Waals surface area (Å²) in [5, 5.41) is 14.2. The van der Waals surface area contributed by atoms with Crippen molar-refractivity contribution in [3.8, 4) is 0 Å². The second-order valence-corrected chi connectivity index (χ2v) is 4.61. The molecule has 3 N–H and O–H groups in total. The molecule has 5 heteroatoms. The molecule has 2 fully saturated rings. The summed E-state index contributed by atoms with van der Waals surface area (Å²) in [5.74, 6) is 2.51. The van der Waals surface area contributed by atoms with Gasteiger partial charge in [0.25, 0.3) is 0 Å². The SMILES string of the molecule is NCC1(c2nnn[nH]2)CC1C1CCC1. The van der Waals surface area contributed by atoms with Gasteiger partial charge in [-0.15, -0.1) is 5.10 Å². The fourth-order valence-electron chi connectivity index (χ4n) is 2.77. The number of aromatic amines is 1. The zero-order chi connectivity index (χ0) is 9.60. The molecule has 3 rings (SSSR count). The Morgan fingerprint density at radius 1 is 1.50 bits per heavy atom. The molecular weight excluding hydrogens is 178 g/mol. The summed E-state index contributed by atoms with van der Waals surface area (Å²) < 4.78 is 0. The molecule has 0 bridgehead atoms. The zero-order valence-corrected chi connectivity index (χ0v) is 8.11. The van der Waals surface area contributed by atoms with Gasteiger partial charge in [-0.05, 0) is 28.7 Å². The second kappa shape index (κ2) is 2.76. The van der Waals surface area contributed by atoms with Crippen LogP contribution in [0.5, 0.6) is 0 Å². The lowest BCUT2D eigenvalue weighted by Crippen LogP contribution is -2.28. The number of nitrogens with zero attached hydrogens (tertiary/aromatic N) is 3. The molecule has 0 amide bonds. The number of aromatic nitrogens is 4. The van der Waals surface area contributed by atoms with Crippen molar-refractivity contribution in [2.45, 2.75) is 31.1 Å². The Morgan fingerprint density at radius 3 is 2.86 bits per heavy atom. The van der Waals surface area contributed by atoms with E-state index in [0.717, 1.165) is 17.7 Å². The Morgan fingerprint density at radius 2 is 2.36 bits per heavy atom. The molecule has 0 aliphatic heterocycles. The van der Waals surface area contributed by atoms with Crippen LogP contribution in [0.15, 0.2) is 0 Å². The highest BCUT2D eigenvalue weighted by Crippen LogP contribution is 2.60. The number of hydrogen-bond acceptors (Lipinski definition) is 4. The summed E-state index contributed by atoms with van der Waals surface area (Å²) in [4.78, 5) is 0. The number of tetrazole rings is 1. The minimum Gasteiger partial charge on any atom is -0.329 e. The molecule has 2 aliphatic rings. The molecule has 1 aromatic rings. The molecule has 1 aromatic heterocycles. The highest BCUT2D eigenvalue weighted by Gasteiger charge is 2.60. The minimum absolute atomic E-state index is 0.0919. The van der Waals surface area contributed by atoms with Crippen LogP contribution in [-0.4, -0.2) is 27.2 Å². The fourth-order valence-corrected chi connectivity index (χ4v) is 2.77. The summed E-state index contributed by atoms with van der Waals surface area (Å²) >= 11 is 0. The van der Waals surface area contributed by atoms with Crippen LogP contribution in [0.4, 0.5) is 0 Å². The fraction of sp³-hybridized carbons (Fsp3) is 0.889. The summed E-state index contributed by atoms with van der Waals surface area (Å²) in [6.45, 7) is 0.672. The third kappa shape index (κ3) is 0.958.